The van der Waals surface area contributed by atoms with E-state index >= 15 is 0 Å². The molecule has 0 radical (unpaired) electrons. The highest BCUT2D eigenvalue weighted by molar-refractivity contribution is 7.92. The van der Waals surface area contributed by atoms with Gasteiger partial charge in [-0.25, -0.2) is 13.2 Å². The van der Waals surface area contributed by atoms with Gasteiger partial charge < -0.3 is 4.74 Å². The van der Waals surface area contributed by atoms with Gasteiger partial charge in [-0.3, -0.25) is 9.52 Å². The van der Waals surface area contributed by atoms with Crippen molar-refractivity contribution >= 4 is 27.5 Å². The van der Waals surface area contributed by atoms with Crippen LogP contribution in [0, 0.1) is 43.9 Å². The summed E-state index contributed by atoms with van der Waals surface area (Å²) in [4.78, 5) is 26.4. The predicted octanol–water partition coefficient (Wildman–Crippen LogP) is 5.35. The lowest BCUT2D eigenvalue weighted by Crippen LogP contribution is -2.51. The van der Waals surface area contributed by atoms with E-state index in [-0.39, 0.29) is 34.0 Å². The van der Waals surface area contributed by atoms with Gasteiger partial charge in [0.15, 0.2) is 12.4 Å². The quantitative estimate of drug-likeness (QED) is 0.523. The normalized spacial score (nSPS) is 27.0. The maximum absolute atomic E-state index is 13.2. The molecule has 0 unspecified atom stereocenters. The SMILES string of the molecule is Cc1cc(C)c(S(=O)(=O)Nc2ccccc2C(=O)OCC(=O)C23CC4CC(CC(C4)C2)C3)c(C)c1. The maximum Gasteiger partial charge on any atom is 0.340 e. The minimum Gasteiger partial charge on any atom is -0.454 e. The van der Waals surface area contributed by atoms with E-state index < -0.39 is 16.0 Å². The second-order valence-corrected chi connectivity index (χ2v) is 12.7. The molecular weight excluding hydrogens is 462 g/mol. The summed E-state index contributed by atoms with van der Waals surface area (Å²) < 4.78 is 34.5. The molecule has 4 fully saturated rings. The predicted molar refractivity (Wildman–Crippen MR) is 134 cm³/mol. The van der Waals surface area contributed by atoms with Gasteiger partial charge in [0.25, 0.3) is 10.0 Å². The Bertz CT molecular complexity index is 1240. The Labute approximate surface area is 207 Å². The standard InChI is InChI=1S/C28H33NO5S/c1-17-8-18(2)26(19(3)9-17)35(32,33)29-24-7-5-4-6-23(24)27(31)34-16-25(30)28-13-20-10-21(14-28)12-22(11-20)15-28/h4-9,20-22,29H,10-16H2,1-3H3. The molecule has 186 valence electrons. The first-order chi connectivity index (χ1) is 16.6. The van der Waals surface area contributed by atoms with Crippen molar-refractivity contribution < 1.29 is 22.7 Å². The largest absolute Gasteiger partial charge is 0.454 e. The molecule has 35 heavy (non-hydrogen) atoms. The van der Waals surface area contributed by atoms with Crippen LogP contribution >= 0.6 is 0 Å². The molecule has 6 nitrogen and oxygen atoms in total. The lowest BCUT2D eigenvalue weighted by molar-refractivity contribution is -0.147. The molecule has 2 aromatic carbocycles. The number of hydrogen-bond acceptors (Lipinski definition) is 5. The van der Waals surface area contributed by atoms with E-state index in [9.17, 15) is 18.0 Å². The first-order valence-electron chi connectivity index (χ1n) is 12.5. The minimum atomic E-state index is -3.93. The molecule has 6 rings (SSSR count). The van der Waals surface area contributed by atoms with Gasteiger partial charge in [-0.05, 0) is 100 Å². The molecule has 7 heteroatoms. The number of benzene rings is 2. The Kier molecular flexibility index (Phi) is 6.02. The molecule has 4 aliphatic rings. The summed E-state index contributed by atoms with van der Waals surface area (Å²) in [5.74, 6) is 1.21. The van der Waals surface area contributed by atoms with Crippen molar-refractivity contribution in [2.45, 2.75) is 64.2 Å². The second-order valence-electron chi connectivity index (χ2n) is 11.1. The molecule has 0 aromatic heterocycles. The van der Waals surface area contributed by atoms with Crippen LogP contribution in [0.5, 0.6) is 0 Å². The van der Waals surface area contributed by atoms with Crippen LogP contribution in [0.2, 0.25) is 0 Å². The van der Waals surface area contributed by atoms with Gasteiger partial charge in [0.1, 0.15) is 0 Å². The number of ketones is 1. The van der Waals surface area contributed by atoms with Crippen molar-refractivity contribution in [3.8, 4) is 0 Å². The monoisotopic (exact) mass is 495 g/mol. The summed E-state index contributed by atoms with van der Waals surface area (Å²) in [6.07, 6.45) is 6.46. The highest BCUT2D eigenvalue weighted by atomic mass is 32.2. The number of carbonyl (C=O) groups excluding carboxylic acids is 2. The summed E-state index contributed by atoms with van der Waals surface area (Å²) in [6.45, 7) is 5.16. The van der Waals surface area contributed by atoms with Gasteiger partial charge in [0.2, 0.25) is 0 Å². The van der Waals surface area contributed by atoms with E-state index in [0.717, 1.165) is 24.8 Å². The molecule has 0 atom stereocenters. The van der Waals surface area contributed by atoms with Crippen molar-refractivity contribution in [3.63, 3.8) is 0 Å². The van der Waals surface area contributed by atoms with E-state index in [0.29, 0.717) is 28.9 Å². The van der Waals surface area contributed by atoms with Gasteiger partial charge in [-0.2, -0.15) is 0 Å². The van der Waals surface area contributed by atoms with E-state index in [1.165, 1.54) is 31.4 Å². The molecular formula is C28H33NO5S. The third-order valence-electron chi connectivity index (χ3n) is 8.23. The smallest absolute Gasteiger partial charge is 0.340 e. The Morgan fingerprint density at radius 3 is 2.06 bits per heavy atom. The number of carbonyl (C=O) groups is 2. The molecule has 4 aliphatic carbocycles. The van der Waals surface area contributed by atoms with Crippen LogP contribution < -0.4 is 4.72 Å². The van der Waals surface area contributed by atoms with Crippen molar-refractivity contribution in [3.05, 3.63) is 58.7 Å². The number of aryl methyl sites for hydroxylation is 3. The van der Waals surface area contributed by atoms with Crippen LogP contribution in [0.15, 0.2) is 41.3 Å². The summed E-state index contributed by atoms with van der Waals surface area (Å²) in [7, 11) is -3.93. The zero-order valence-corrected chi connectivity index (χ0v) is 21.4. The van der Waals surface area contributed by atoms with Gasteiger partial charge in [-0.15, -0.1) is 0 Å². The van der Waals surface area contributed by atoms with E-state index in [1.54, 1.807) is 26.0 Å². The molecule has 0 amide bonds. The minimum absolute atomic E-state index is 0.0221. The van der Waals surface area contributed by atoms with Crippen molar-refractivity contribution in [1.29, 1.82) is 0 Å². The van der Waals surface area contributed by atoms with Gasteiger partial charge in [0, 0.05) is 5.41 Å². The summed E-state index contributed by atoms with van der Waals surface area (Å²) in [6, 6.07) is 10.00. The van der Waals surface area contributed by atoms with Crippen molar-refractivity contribution in [1.82, 2.24) is 0 Å². The fraction of sp³-hybridized carbons (Fsp3) is 0.500. The number of rotatable bonds is 7. The molecule has 0 aliphatic heterocycles. The van der Waals surface area contributed by atoms with E-state index in [1.807, 2.05) is 19.1 Å². The Morgan fingerprint density at radius 2 is 1.49 bits per heavy atom. The van der Waals surface area contributed by atoms with Crippen LogP contribution in [-0.4, -0.2) is 26.8 Å². The highest BCUT2D eigenvalue weighted by Crippen LogP contribution is 2.60. The summed E-state index contributed by atoms with van der Waals surface area (Å²) in [5, 5.41) is 0. The first kappa shape index (κ1) is 24.0. The number of esters is 1. The average molecular weight is 496 g/mol. The average Bonchev–Trinajstić information content (AvgIpc) is 2.75. The molecule has 4 saturated carbocycles. The molecule has 0 saturated heterocycles. The third kappa shape index (κ3) is 4.51. The maximum atomic E-state index is 13.2. The fourth-order valence-electron chi connectivity index (χ4n) is 7.35. The zero-order valence-electron chi connectivity index (χ0n) is 20.6. The van der Waals surface area contributed by atoms with Crippen LogP contribution in [0.1, 0.15) is 65.6 Å². The first-order valence-corrected chi connectivity index (χ1v) is 13.9. The molecule has 1 N–H and O–H groups in total. The highest BCUT2D eigenvalue weighted by Gasteiger charge is 2.54. The van der Waals surface area contributed by atoms with E-state index in [2.05, 4.69) is 4.72 Å². The van der Waals surface area contributed by atoms with Crippen molar-refractivity contribution in [2.75, 3.05) is 11.3 Å². The number of nitrogens with one attached hydrogen (secondary N) is 1. The number of hydrogen-bond donors (Lipinski definition) is 1. The number of sulfonamides is 1. The van der Waals surface area contributed by atoms with Crippen LogP contribution in [0.4, 0.5) is 5.69 Å². The number of anilines is 1. The molecule has 0 spiro atoms. The van der Waals surface area contributed by atoms with Crippen LogP contribution in [0.3, 0.4) is 0 Å². The van der Waals surface area contributed by atoms with Crippen molar-refractivity contribution in [2.24, 2.45) is 23.2 Å². The fourth-order valence-corrected chi connectivity index (χ4v) is 8.89. The van der Waals surface area contributed by atoms with E-state index in [4.69, 9.17) is 4.74 Å². The lowest BCUT2D eigenvalue weighted by atomic mass is 9.48. The number of Topliss-reactive ketones (excluding diaryl/α,β-unsaturated/α-hetero) is 1. The summed E-state index contributed by atoms with van der Waals surface area (Å²) in [5.41, 5.74) is 2.14. The van der Waals surface area contributed by atoms with Gasteiger partial charge in [0.05, 0.1) is 16.1 Å². The number of para-hydroxylation sites is 1. The van der Waals surface area contributed by atoms with Gasteiger partial charge >= 0.3 is 5.97 Å². The Hall–Kier alpha value is -2.67. The van der Waals surface area contributed by atoms with Crippen LogP contribution in [0.25, 0.3) is 0 Å². The molecule has 2 aromatic rings. The second kappa shape index (κ2) is 8.77. The third-order valence-corrected chi connectivity index (χ3v) is 9.90. The Balaban J connectivity index is 1.31. The van der Waals surface area contributed by atoms with Gasteiger partial charge in [-0.1, -0.05) is 29.8 Å². The lowest BCUT2D eigenvalue weighted by Gasteiger charge is -2.55. The van der Waals surface area contributed by atoms with Crippen LogP contribution in [-0.2, 0) is 19.6 Å². The zero-order chi connectivity index (χ0) is 25.0. The Morgan fingerprint density at radius 1 is 0.943 bits per heavy atom. The topological polar surface area (TPSA) is 89.5 Å². The summed E-state index contributed by atoms with van der Waals surface area (Å²) >= 11 is 0. The molecule has 4 bridgehead atoms. The number of ether oxygens (including phenoxy) is 1. The molecule has 0 heterocycles.